The monoisotopic (exact) mass is 840 g/mol. The minimum atomic E-state index is -1.66. The van der Waals surface area contributed by atoms with Crippen molar-refractivity contribution in [1.29, 1.82) is 0 Å². The predicted molar refractivity (Wildman–Crippen MR) is 210 cm³/mol. The van der Waals surface area contributed by atoms with E-state index in [0.717, 1.165) is 6.92 Å². The summed E-state index contributed by atoms with van der Waals surface area (Å²) in [6.07, 6.45) is 1.11. The molecule has 0 heterocycles. The summed E-state index contributed by atoms with van der Waals surface area (Å²) in [7, 11) is 0. The van der Waals surface area contributed by atoms with Crippen molar-refractivity contribution in [2.24, 2.45) is 11.7 Å². The maximum Gasteiger partial charge on any atom is 0.325 e. The number of hydrogen-bond donors (Lipinski definition) is 12. The van der Waals surface area contributed by atoms with Gasteiger partial charge in [0.25, 0.3) is 0 Å². The van der Waals surface area contributed by atoms with Crippen LogP contribution in [0.1, 0.15) is 52.0 Å². The van der Waals surface area contributed by atoms with E-state index < -0.39 is 134 Å². The molecule has 1 aromatic rings. The van der Waals surface area contributed by atoms with E-state index in [9.17, 15) is 58.5 Å². The number of benzene rings is 1. The van der Waals surface area contributed by atoms with Gasteiger partial charge in [-0.1, -0.05) is 50.6 Å². The van der Waals surface area contributed by atoms with Crippen LogP contribution < -0.4 is 43.0 Å². The van der Waals surface area contributed by atoms with Crippen LogP contribution in [0.3, 0.4) is 0 Å². The summed E-state index contributed by atoms with van der Waals surface area (Å²) in [5.41, 5.74) is 6.32. The minimum Gasteiger partial charge on any atom is -0.481 e. The Morgan fingerprint density at radius 2 is 1.24 bits per heavy atom. The van der Waals surface area contributed by atoms with Gasteiger partial charge < -0.3 is 63.4 Å². The molecule has 0 saturated carbocycles. The number of thioether (sulfide) groups is 1. The molecule has 0 unspecified atom stereocenters. The summed E-state index contributed by atoms with van der Waals surface area (Å²) in [5, 5.41) is 53.9. The average molecular weight is 841 g/mol. The van der Waals surface area contributed by atoms with Crippen LogP contribution in [0.2, 0.25) is 0 Å². The van der Waals surface area contributed by atoms with Gasteiger partial charge in [0.15, 0.2) is 0 Å². The molecule has 0 bridgehead atoms. The third-order valence-corrected chi connectivity index (χ3v) is 9.40. The molecule has 21 nitrogen and oxygen atoms in total. The molecule has 8 atom stereocenters. The van der Waals surface area contributed by atoms with Gasteiger partial charge in [0.2, 0.25) is 41.4 Å². The molecule has 0 saturated heterocycles. The number of amides is 7. The van der Waals surface area contributed by atoms with Gasteiger partial charge in [-0.2, -0.15) is 11.8 Å². The van der Waals surface area contributed by atoms with Gasteiger partial charge >= 0.3 is 11.9 Å². The van der Waals surface area contributed by atoms with E-state index in [1.165, 1.54) is 11.8 Å². The quantitative estimate of drug-likeness (QED) is 0.0406. The molecule has 22 heteroatoms. The Kier molecular flexibility index (Phi) is 23.2. The number of carboxylic acid groups (broad SMARTS) is 2. The van der Waals surface area contributed by atoms with Gasteiger partial charge in [-0.3, -0.25) is 43.2 Å². The highest BCUT2D eigenvalue weighted by Crippen LogP contribution is 2.11. The number of rotatable bonds is 27. The van der Waals surface area contributed by atoms with E-state index in [0.29, 0.717) is 17.7 Å². The van der Waals surface area contributed by atoms with Crippen molar-refractivity contribution in [3.63, 3.8) is 0 Å². The SMILES string of the molecule is CC[C@H](C)[C@H](NC(=O)[C@H](Cc1ccccc1)NC(=O)[C@@H](N)CO)C(=O)NCC(=O)N[C@@H](CCSC)C(=O)N[C@@H](CCC(=O)O)C(=O)N[C@@H](CO)C(=O)N[C@@H](C)C(=O)O. The summed E-state index contributed by atoms with van der Waals surface area (Å²) >= 11 is 1.32. The Balaban J connectivity index is 3.12. The molecule has 0 aromatic heterocycles. The van der Waals surface area contributed by atoms with Crippen molar-refractivity contribution in [3.05, 3.63) is 35.9 Å². The Bertz CT molecular complexity index is 1570. The van der Waals surface area contributed by atoms with Crippen LogP contribution in [0, 0.1) is 5.92 Å². The summed E-state index contributed by atoms with van der Waals surface area (Å²) in [6, 6.07) is -0.901. The first-order valence-electron chi connectivity index (χ1n) is 18.4. The maximum atomic E-state index is 13.5. The van der Waals surface area contributed by atoms with Gasteiger partial charge in [-0.25, -0.2) is 0 Å². The van der Waals surface area contributed by atoms with Gasteiger partial charge in [0.05, 0.1) is 19.8 Å². The van der Waals surface area contributed by atoms with Crippen LogP contribution in [0.15, 0.2) is 30.3 Å². The van der Waals surface area contributed by atoms with Crippen LogP contribution in [-0.2, 0) is 49.6 Å². The molecule has 0 aliphatic heterocycles. The van der Waals surface area contributed by atoms with Gasteiger partial charge in [-0.05, 0) is 43.3 Å². The van der Waals surface area contributed by atoms with Gasteiger partial charge in [-0.15, -0.1) is 0 Å². The maximum absolute atomic E-state index is 13.5. The number of aliphatic hydroxyl groups excluding tert-OH is 2. The molecule has 1 aromatic carbocycles. The lowest BCUT2D eigenvalue weighted by Crippen LogP contribution is -2.59. The van der Waals surface area contributed by atoms with Crippen LogP contribution in [0.5, 0.6) is 0 Å². The molecular weight excluding hydrogens is 785 g/mol. The van der Waals surface area contributed by atoms with Crippen LogP contribution in [0.25, 0.3) is 0 Å². The van der Waals surface area contributed by atoms with E-state index >= 15 is 0 Å². The fraction of sp³-hybridized carbons (Fsp3) is 0.583. The van der Waals surface area contributed by atoms with Crippen molar-refractivity contribution < 1.29 is 63.6 Å². The van der Waals surface area contributed by atoms with Crippen LogP contribution in [0.4, 0.5) is 0 Å². The molecule has 324 valence electrons. The van der Waals surface area contributed by atoms with E-state index in [-0.39, 0.29) is 12.8 Å². The minimum absolute atomic E-state index is 0.0225. The fourth-order valence-electron chi connectivity index (χ4n) is 5.05. The molecule has 58 heavy (non-hydrogen) atoms. The van der Waals surface area contributed by atoms with Crippen molar-refractivity contribution in [2.75, 3.05) is 31.8 Å². The largest absolute Gasteiger partial charge is 0.481 e. The highest BCUT2D eigenvalue weighted by Gasteiger charge is 2.33. The Morgan fingerprint density at radius 3 is 1.78 bits per heavy atom. The number of nitrogens with two attached hydrogens (primary N) is 1. The number of carbonyl (C=O) groups excluding carboxylic acids is 7. The molecule has 0 aliphatic rings. The first-order valence-corrected chi connectivity index (χ1v) is 19.8. The molecule has 0 radical (unpaired) electrons. The zero-order chi connectivity index (χ0) is 43.9. The second-order valence-corrected chi connectivity index (χ2v) is 14.3. The molecular formula is C36H56N8O13S. The zero-order valence-corrected chi connectivity index (χ0v) is 33.6. The third-order valence-electron chi connectivity index (χ3n) is 8.75. The van der Waals surface area contributed by atoms with Crippen molar-refractivity contribution >= 4 is 65.1 Å². The van der Waals surface area contributed by atoms with Crippen molar-refractivity contribution in [2.45, 2.75) is 95.2 Å². The third kappa shape index (κ3) is 18.3. The first kappa shape index (κ1) is 50.7. The highest BCUT2D eigenvalue weighted by molar-refractivity contribution is 7.98. The van der Waals surface area contributed by atoms with E-state index in [4.69, 9.17) is 10.8 Å². The molecule has 13 N–H and O–H groups in total. The molecule has 0 fully saturated rings. The molecule has 7 amide bonds. The fourth-order valence-corrected chi connectivity index (χ4v) is 5.53. The van der Waals surface area contributed by atoms with E-state index in [1.54, 1.807) is 50.4 Å². The van der Waals surface area contributed by atoms with E-state index in [2.05, 4.69) is 37.2 Å². The van der Waals surface area contributed by atoms with Crippen molar-refractivity contribution in [1.82, 2.24) is 37.2 Å². The molecule has 1 rings (SSSR count). The standard InChI is InChI=1S/C36H56N8O13S/c1-5-19(2)29(44-33(53)25(42-30(50)22(37)17-45)15-21-9-7-6-8-10-21)35(55)38-16-27(47)40-24(13-14-58-4)32(52)41-23(11-12-28(48)49)31(51)43-26(18-46)34(54)39-20(3)36(56)57/h6-10,19-20,22-26,29,45-46H,5,11-18,37H2,1-4H3,(H,38,55)(H,39,54)(H,40,47)(H,41,52)(H,42,50)(H,43,51)(H,44,53)(H,48,49)(H,56,57)/t19-,20-,22-,23-,24-,25-,26-,29-/m0/s1. The number of hydrogen-bond acceptors (Lipinski definition) is 13. The summed E-state index contributed by atoms with van der Waals surface area (Å²) < 4.78 is 0. The number of aliphatic carboxylic acids is 2. The smallest absolute Gasteiger partial charge is 0.325 e. The summed E-state index contributed by atoms with van der Waals surface area (Å²) in [6.45, 7) is 2.30. The number of nitrogens with one attached hydrogen (secondary N) is 7. The van der Waals surface area contributed by atoms with Crippen LogP contribution >= 0.6 is 11.8 Å². The Labute approximate surface area is 339 Å². The normalized spacial score (nSPS) is 15.0. The highest BCUT2D eigenvalue weighted by atomic mass is 32.2. The molecule has 0 aliphatic carbocycles. The second kappa shape index (κ2) is 26.6. The van der Waals surface area contributed by atoms with Gasteiger partial charge in [0, 0.05) is 12.8 Å². The number of carboxylic acids is 2. The molecule has 0 spiro atoms. The van der Waals surface area contributed by atoms with E-state index in [1.807, 2.05) is 0 Å². The zero-order valence-electron chi connectivity index (χ0n) is 32.8. The van der Waals surface area contributed by atoms with Crippen molar-refractivity contribution in [3.8, 4) is 0 Å². The predicted octanol–water partition coefficient (Wildman–Crippen LogP) is -3.67. The lowest BCUT2D eigenvalue weighted by molar-refractivity contribution is -0.142. The lowest BCUT2D eigenvalue weighted by atomic mass is 9.97. The Morgan fingerprint density at radius 1 is 0.690 bits per heavy atom. The summed E-state index contributed by atoms with van der Waals surface area (Å²) in [5.74, 6) is -9.02. The summed E-state index contributed by atoms with van der Waals surface area (Å²) in [4.78, 5) is 114. The number of carbonyl (C=O) groups is 9. The Hall–Kier alpha value is -5.32. The topological polar surface area (TPSA) is 345 Å². The lowest BCUT2D eigenvalue weighted by Gasteiger charge is -2.27. The van der Waals surface area contributed by atoms with Crippen LogP contribution in [-0.4, -0.2) is 148 Å². The number of aliphatic hydroxyl groups is 2. The second-order valence-electron chi connectivity index (χ2n) is 13.3. The first-order chi connectivity index (χ1) is 27.4. The van der Waals surface area contributed by atoms with Gasteiger partial charge in [0.1, 0.15) is 42.3 Å². The average Bonchev–Trinajstić information content (AvgIpc) is 3.19.